The van der Waals surface area contributed by atoms with Gasteiger partial charge in [-0.25, -0.2) is 22.9 Å². The number of nitrogens with zero attached hydrogens (tertiary/aromatic N) is 3. The summed E-state index contributed by atoms with van der Waals surface area (Å²) in [5.41, 5.74) is -3.28. The van der Waals surface area contributed by atoms with E-state index in [-0.39, 0.29) is 23.8 Å². The van der Waals surface area contributed by atoms with Gasteiger partial charge in [0.2, 0.25) is 5.43 Å². The van der Waals surface area contributed by atoms with Crippen LogP contribution in [0, 0.1) is 17.5 Å². The lowest BCUT2D eigenvalue weighted by atomic mass is 10.1. The van der Waals surface area contributed by atoms with Gasteiger partial charge >= 0.3 is 12.2 Å². The van der Waals surface area contributed by atoms with Crippen LogP contribution in [-0.2, 0) is 0 Å². The van der Waals surface area contributed by atoms with Crippen LogP contribution < -0.4 is 21.0 Å². The number of nitrogens with one attached hydrogen (secondary N) is 2. The molecule has 14 heteroatoms. The summed E-state index contributed by atoms with van der Waals surface area (Å²) in [6, 6.07) is -0.0128. The van der Waals surface area contributed by atoms with E-state index in [9.17, 15) is 40.7 Å². The van der Waals surface area contributed by atoms with Gasteiger partial charge in [-0.15, -0.1) is 0 Å². The largest absolute Gasteiger partial charge is 0.408 e. The zero-order valence-electron chi connectivity index (χ0n) is 19.3. The molecule has 1 aliphatic rings. The maximum absolute atomic E-state index is 14.8. The Morgan fingerprint density at radius 3 is 2.38 bits per heavy atom. The molecule has 1 saturated heterocycles. The van der Waals surface area contributed by atoms with Gasteiger partial charge in [-0.2, -0.15) is 13.2 Å². The highest BCUT2D eigenvalue weighted by Crippen LogP contribution is 2.27. The van der Waals surface area contributed by atoms with Gasteiger partial charge in [0.05, 0.1) is 5.39 Å². The second kappa shape index (κ2) is 9.41. The van der Waals surface area contributed by atoms with Crippen LogP contribution in [-0.4, -0.2) is 46.3 Å². The topological polar surface area (TPSA) is 96.3 Å². The molecule has 3 heterocycles. The fraction of sp³-hybridized carbons (Fsp3) is 0.304. The third kappa shape index (κ3) is 4.82. The maximum atomic E-state index is 14.8. The molecule has 196 valence electrons. The molecule has 1 fully saturated rings. The second-order valence-electron chi connectivity index (χ2n) is 8.44. The maximum Gasteiger partial charge on any atom is 0.408 e. The van der Waals surface area contributed by atoms with Crippen molar-refractivity contribution in [3.63, 3.8) is 0 Å². The average Bonchev–Trinajstić information content (AvgIpc) is 3.14. The number of fused-ring (bicyclic) bond motifs is 1. The molecular weight excluding hydrogens is 508 g/mol. The Morgan fingerprint density at radius 1 is 1.19 bits per heavy atom. The van der Waals surface area contributed by atoms with Crippen LogP contribution in [0.25, 0.3) is 16.7 Å². The van der Waals surface area contributed by atoms with Crippen molar-refractivity contribution < 1.29 is 35.9 Å². The molecule has 0 spiro atoms. The van der Waals surface area contributed by atoms with E-state index in [0.717, 1.165) is 6.07 Å². The number of hydrogen-bond acceptors (Lipinski definition) is 4. The summed E-state index contributed by atoms with van der Waals surface area (Å²) in [4.78, 5) is 43.5. The molecule has 0 saturated carbocycles. The highest BCUT2D eigenvalue weighted by atomic mass is 19.4. The molecule has 2 atom stereocenters. The summed E-state index contributed by atoms with van der Waals surface area (Å²) in [6.45, 7) is 3.06. The van der Waals surface area contributed by atoms with Crippen molar-refractivity contribution in [1.82, 2.24) is 20.2 Å². The number of carbonyl (C=O) groups is 2. The number of benzene rings is 1. The van der Waals surface area contributed by atoms with E-state index in [2.05, 4.69) is 10.3 Å². The zero-order chi connectivity index (χ0) is 27.2. The number of aromatic nitrogens is 2. The van der Waals surface area contributed by atoms with E-state index in [1.165, 1.54) is 17.9 Å². The lowest BCUT2D eigenvalue weighted by Crippen LogP contribution is -2.46. The van der Waals surface area contributed by atoms with Crippen LogP contribution in [0.4, 0.5) is 37.0 Å². The second-order valence-corrected chi connectivity index (χ2v) is 8.44. The summed E-state index contributed by atoms with van der Waals surface area (Å²) in [6.07, 6.45) is -4.73. The van der Waals surface area contributed by atoms with E-state index >= 15 is 0 Å². The molecule has 1 aromatic carbocycles. The third-order valence-corrected chi connectivity index (χ3v) is 5.76. The number of amides is 3. The Kier molecular flexibility index (Phi) is 6.60. The van der Waals surface area contributed by atoms with Gasteiger partial charge in [0.25, 0.3) is 5.91 Å². The minimum absolute atomic E-state index is 0.00857. The quantitative estimate of drug-likeness (QED) is 0.494. The summed E-state index contributed by atoms with van der Waals surface area (Å²) in [5, 5.41) is 3.95. The predicted molar refractivity (Wildman–Crippen MR) is 120 cm³/mol. The lowest BCUT2D eigenvalue weighted by molar-refractivity contribution is -0.153. The van der Waals surface area contributed by atoms with Crippen LogP contribution in [0.15, 0.2) is 35.3 Å². The molecule has 3 amide bonds. The number of anilines is 1. The Morgan fingerprint density at radius 2 is 1.84 bits per heavy atom. The summed E-state index contributed by atoms with van der Waals surface area (Å²) >= 11 is 0. The third-order valence-electron chi connectivity index (χ3n) is 5.76. The number of halogens is 6. The molecule has 2 aromatic heterocycles. The summed E-state index contributed by atoms with van der Waals surface area (Å²) in [7, 11) is 0. The first kappa shape index (κ1) is 26.0. The molecule has 0 bridgehead atoms. The van der Waals surface area contributed by atoms with Gasteiger partial charge in [0, 0.05) is 30.9 Å². The van der Waals surface area contributed by atoms with Crippen molar-refractivity contribution in [2.24, 2.45) is 0 Å². The molecular formula is C23H19F6N5O3. The molecule has 1 aliphatic heterocycles. The molecule has 8 nitrogen and oxygen atoms in total. The Bertz CT molecular complexity index is 1450. The molecule has 3 aromatic rings. The standard InChI is InChI=1S/C23H19F6N5O3/c1-3-16(23(27,28)29)31-21(36)13-9-34(18-14(25)6-11(24)7-15(18)26)20-12(19(13)35)4-5-17(32-20)33-8-10(2)30-22(33)37/h4-7,9-10,16H,3,8H2,1-2H3,(H,30,37)(H,31,36)/t10-,16?/m1/s1. The highest BCUT2D eigenvalue weighted by Gasteiger charge is 2.40. The molecule has 0 radical (unpaired) electrons. The Labute approximate surface area is 204 Å². The van der Waals surface area contributed by atoms with Crippen LogP contribution in [0.1, 0.15) is 30.6 Å². The number of alkyl halides is 3. The van der Waals surface area contributed by atoms with E-state index < -0.39 is 70.4 Å². The zero-order valence-corrected chi connectivity index (χ0v) is 19.3. The van der Waals surface area contributed by atoms with Gasteiger partial charge in [0.15, 0.2) is 17.3 Å². The van der Waals surface area contributed by atoms with Crippen molar-refractivity contribution in [1.29, 1.82) is 0 Å². The summed E-state index contributed by atoms with van der Waals surface area (Å²) in [5.74, 6) is -5.57. The van der Waals surface area contributed by atoms with Crippen molar-refractivity contribution in [3.05, 3.63) is 63.7 Å². The van der Waals surface area contributed by atoms with Crippen molar-refractivity contribution in [2.75, 3.05) is 11.4 Å². The van der Waals surface area contributed by atoms with Gasteiger partial charge in [-0.1, -0.05) is 6.92 Å². The van der Waals surface area contributed by atoms with Gasteiger partial charge in [-0.3, -0.25) is 19.1 Å². The average molecular weight is 527 g/mol. The monoisotopic (exact) mass is 527 g/mol. The minimum atomic E-state index is -4.82. The molecule has 0 aliphatic carbocycles. The van der Waals surface area contributed by atoms with Crippen molar-refractivity contribution >= 4 is 28.8 Å². The van der Waals surface area contributed by atoms with Gasteiger partial charge in [-0.05, 0) is 25.5 Å². The first-order chi connectivity index (χ1) is 17.3. The van der Waals surface area contributed by atoms with Crippen molar-refractivity contribution in [3.8, 4) is 5.69 Å². The minimum Gasteiger partial charge on any atom is -0.340 e. The van der Waals surface area contributed by atoms with Crippen LogP contribution in [0.3, 0.4) is 0 Å². The van der Waals surface area contributed by atoms with Crippen LogP contribution in [0.5, 0.6) is 0 Å². The van der Waals surface area contributed by atoms with Crippen LogP contribution in [0.2, 0.25) is 0 Å². The Balaban J connectivity index is 1.96. The smallest absolute Gasteiger partial charge is 0.340 e. The molecule has 37 heavy (non-hydrogen) atoms. The first-order valence-corrected chi connectivity index (χ1v) is 11.0. The Hall–Kier alpha value is -4.10. The fourth-order valence-electron chi connectivity index (χ4n) is 3.98. The van der Waals surface area contributed by atoms with E-state index in [1.807, 2.05) is 0 Å². The predicted octanol–water partition coefficient (Wildman–Crippen LogP) is 3.79. The first-order valence-electron chi connectivity index (χ1n) is 11.0. The molecule has 1 unspecified atom stereocenters. The van der Waals surface area contributed by atoms with Gasteiger partial charge < -0.3 is 10.6 Å². The number of hydrogen-bond donors (Lipinski definition) is 2. The van der Waals surface area contributed by atoms with E-state index in [4.69, 9.17) is 0 Å². The lowest BCUT2D eigenvalue weighted by Gasteiger charge is -2.21. The number of carbonyl (C=O) groups excluding carboxylic acids is 2. The SMILES string of the molecule is CCC(NC(=O)c1cn(-c2c(F)cc(F)cc2F)c2nc(N3C[C@@H](C)NC3=O)ccc2c1=O)C(F)(F)F. The van der Waals surface area contributed by atoms with Crippen molar-refractivity contribution in [2.45, 2.75) is 38.5 Å². The van der Waals surface area contributed by atoms with E-state index in [0.29, 0.717) is 22.9 Å². The fourth-order valence-corrected chi connectivity index (χ4v) is 3.98. The summed E-state index contributed by atoms with van der Waals surface area (Å²) < 4.78 is 83.4. The molecule has 4 rings (SSSR count). The number of pyridine rings is 2. The number of rotatable bonds is 5. The van der Waals surface area contributed by atoms with E-state index in [1.54, 1.807) is 12.2 Å². The number of urea groups is 1. The highest BCUT2D eigenvalue weighted by molar-refractivity contribution is 5.98. The van der Waals surface area contributed by atoms with Crippen LogP contribution >= 0.6 is 0 Å². The normalized spacial score (nSPS) is 16.7. The molecule has 2 N–H and O–H groups in total. The van der Waals surface area contributed by atoms with Gasteiger partial charge in [0.1, 0.15) is 28.9 Å².